The average molecular weight is 288 g/mol. The van der Waals surface area contributed by atoms with Gasteiger partial charge >= 0.3 is 0 Å². The third-order valence-electron chi connectivity index (χ3n) is 8.01. The highest BCUT2D eigenvalue weighted by atomic mass is 16.3. The molecular formula is C19H28O2. The maximum Gasteiger partial charge on any atom is 0.139 e. The molecule has 4 aliphatic rings. The molecule has 6 atom stereocenters. The van der Waals surface area contributed by atoms with Gasteiger partial charge in [-0.05, 0) is 73.7 Å². The lowest BCUT2D eigenvalue weighted by molar-refractivity contribution is -0.136. The van der Waals surface area contributed by atoms with E-state index >= 15 is 0 Å². The average Bonchev–Trinajstić information content (AvgIpc) is 2.76. The zero-order valence-electron chi connectivity index (χ0n) is 13.4. The summed E-state index contributed by atoms with van der Waals surface area (Å²) >= 11 is 0. The van der Waals surface area contributed by atoms with Crippen LogP contribution >= 0.6 is 0 Å². The van der Waals surface area contributed by atoms with Gasteiger partial charge in [0.15, 0.2) is 0 Å². The number of ketones is 1. The Balaban J connectivity index is 1.67. The first kappa shape index (κ1) is 13.8. The molecule has 0 spiro atoms. The van der Waals surface area contributed by atoms with Crippen molar-refractivity contribution in [3.63, 3.8) is 0 Å². The molecule has 0 radical (unpaired) electrons. The molecule has 0 aromatic carbocycles. The van der Waals surface area contributed by atoms with Gasteiger partial charge in [-0.3, -0.25) is 4.79 Å². The van der Waals surface area contributed by atoms with Gasteiger partial charge in [0, 0.05) is 18.3 Å². The smallest absolute Gasteiger partial charge is 0.139 e. The first-order valence-corrected chi connectivity index (χ1v) is 8.86. The highest BCUT2D eigenvalue weighted by Gasteiger charge is 2.59. The van der Waals surface area contributed by atoms with Crippen LogP contribution in [-0.4, -0.2) is 10.9 Å². The molecule has 4 rings (SSSR count). The van der Waals surface area contributed by atoms with E-state index in [9.17, 15) is 9.90 Å². The molecule has 1 N–H and O–H groups in total. The van der Waals surface area contributed by atoms with Crippen molar-refractivity contribution < 1.29 is 9.90 Å². The SMILES string of the molecule is C[C@]12CC=C(O)C[C@@H]1CC[C@@H]1[C@@H]2CC[C@]2(C)C(=O)CC[C@@H]12. The van der Waals surface area contributed by atoms with E-state index < -0.39 is 0 Å². The van der Waals surface area contributed by atoms with E-state index in [0.717, 1.165) is 43.9 Å². The van der Waals surface area contributed by atoms with Crippen LogP contribution in [0.2, 0.25) is 0 Å². The third kappa shape index (κ3) is 1.74. The molecule has 2 nitrogen and oxygen atoms in total. The lowest BCUT2D eigenvalue weighted by Gasteiger charge is -2.58. The Morgan fingerprint density at radius 3 is 2.76 bits per heavy atom. The lowest BCUT2D eigenvalue weighted by Crippen LogP contribution is -2.52. The summed E-state index contributed by atoms with van der Waals surface area (Å²) in [4.78, 5) is 12.4. The maximum atomic E-state index is 12.4. The van der Waals surface area contributed by atoms with E-state index in [1.165, 1.54) is 19.3 Å². The molecule has 4 aliphatic carbocycles. The minimum absolute atomic E-state index is 0.00297. The first-order valence-electron chi connectivity index (χ1n) is 8.86. The quantitative estimate of drug-likeness (QED) is 0.704. The number of fused-ring (bicyclic) bond motifs is 5. The standard InChI is InChI=1S/C19H28O2/c1-18-9-7-13(20)11-12(18)3-4-14-15-5-6-17(21)19(15,2)10-8-16(14)18/h7,12,14-16,20H,3-6,8-11H2,1-2H3/t12-,14-,15-,16-,18-,19-/m0/s1. The zero-order valence-corrected chi connectivity index (χ0v) is 13.4. The number of rotatable bonds is 0. The van der Waals surface area contributed by atoms with Gasteiger partial charge < -0.3 is 5.11 Å². The van der Waals surface area contributed by atoms with Crippen molar-refractivity contribution in [2.75, 3.05) is 0 Å². The molecule has 0 unspecified atom stereocenters. The number of Topliss-reactive ketones (excluding diaryl/α,β-unsaturated/α-hetero) is 1. The normalized spacial score (nSPS) is 52.7. The molecule has 0 heterocycles. The Kier molecular flexibility index (Phi) is 2.88. The monoisotopic (exact) mass is 288 g/mol. The van der Waals surface area contributed by atoms with E-state index in [1.54, 1.807) is 0 Å². The number of carbonyl (C=O) groups excluding carboxylic acids is 1. The fraction of sp³-hybridized carbons (Fsp3) is 0.842. The number of hydrogen-bond donors (Lipinski definition) is 1. The lowest BCUT2D eigenvalue weighted by atomic mass is 9.46. The Labute approximate surface area is 128 Å². The minimum Gasteiger partial charge on any atom is -0.513 e. The first-order chi connectivity index (χ1) is 9.95. The van der Waals surface area contributed by atoms with Crippen LogP contribution in [0.15, 0.2) is 11.8 Å². The van der Waals surface area contributed by atoms with Crippen LogP contribution in [0.25, 0.3) is 0 Å². The van der Waals surface area contributed by atoms with E-state index in [1.807, 2.05) is 0 Å². The number of aliphatic hydroxyl groups is 1. The third-order valence-corrected chi connectivity index (χ3v) is 8.01. The second kappa shape index (κ2) is 4.36. The van der Waals surface area contributed by atoms with Gasteiger partial charge in [0.25, 0.3) is 0 Å². The van der Waals surface area contributed by atoms with E-state index in [0.29, 0.717) is 28.8 Å². The van der Waals surface area contributed by atoms with Gasteiger partial charge in [0.1, 0.15) is 5.78 Å². The summed E-state index contributed by atoms with van der Waals surface area (Å²) in [7, 11) is 0. The predicted octanol–water partition coefficient (Wildman–Crippen LogP) is 4.65. The Morgan fingerprint density at radius 1 is 1.14 bits per heavy atom. The molecule has 0 saturated heterocycles. The fourth-order valence-corrected chi connectivity index (χ4v) is 6.63. The molecule has 21 heavy (non-hydrogen) atoms. The number of carbonyl (C=O) groups is 1. The highest BCUT2D eigenvalue weighted by Crippen LogP contribution is 2.65. The summed E-state index contributed by atoms with van der Waals surface area (Å²) in [6.45, 7) is 4.72. The Morgan fingerprint density at radius 2 is 1.95 bits per heavy atom. The number of allylic oxidation sites excluding steroid dienone is 2. The predicted molar refractivity (Wildman–Crippen MR) is 82.8 cm³/mol. The van der Waals surface area contributed by atoms with E-state index in [-0.39, 0.29) is 5.41 Å². The van der Waals surface area contributed by atoms with Crippen molar-refractivity contribution in [2.45, 2.75) is 65.2 Å². The van der Waals surface area contributed by atoms with Gasteiger partial charge in [0.2, 0.25) is 0 Å². The van der Waals surface area contributed by atoms with Crippen LogP contribution in [-0.2, 0) is 4.79 Å². The van der Waals surface area contributed by atoms with Gasteiger partial charge in [0.05, 0.1) is 5.76 Å². The molecule has 0 aliphatic heterocycles. The zero-order chi connectivity index (χ0) is 14.8. The van der Waals surface area contributed by atoms with Crippen molar-refractivity contribution in [1.82, 2.24) is 0 Å². The summed E-state index contributed by atoms with van der Waals surface area (Å²) in [5.74, 6) is 3.98. The minimum atomic E-state index is -0.00297. The fourth-order valence-electron chi connectivity index (χ4n) is 6.63. The number of aliphatic hydroxyl groups excluding tert-OH is 1. The van der Waals surface area contributed by atoms with Crippen molar-refractivity contribution in [3.8, 4) is 0 Å². The van der Waals surface area contributed by atoms with Gasteiger partial charge in [-0.2, -0.15) is 0 Å². The van der Waals surface area contributed by atoms with Crippen molar-refractivity contribution >= 4 is 5.78 Å². The van der Waals surface area contributed by atoms with Crippen LogP contribution in [0.4, 0.5) is 0 Å². The second-order valence-electron chi connectivity index (χ2n) is 8.68. The van der Waals surface area contributed by atoms with Gasteiger partial charge in [-0.25, -0.2) is 0 Å². The summed E-state index contributed by atoms with van der Waals surface area (Å²) < 4.78 is 0. The van der Waals surface area contributed by atoms with Crippen LogP contribution in [0.5, 0.6) is 0 Å². The van der Waals surface area contributed by atoms with Crippen molar-refractivity contribution in [3.05, 3.63) is 11.8 Å². The topological polar surface area (TPSA) is 37.3 Å². The van der Waals surface area contributed by atoms with E-state index in [2.05, 4.69) is 19.9 Å². The van der Waals surface area contributed by atoms with Crippen molar-refractivity contribution in [2.24, 2.45) is 34.5 Å². The van der Waals surface area contributed by atoms with Crippen LogP contribution in [0, 0.1) is 34.5 Å². The Bertz CT molecular complexity index is 508. The molecule has 3 saturated carbocycles. The number of hydrogen-bond acceptors (Lipinski definition) is 2. The summed E-state index contributed by atoms with van der Waals surface area (Å²) in [6, 6.07) is 0. The Hall–Kier alpha value is -0.790. The molecule has 0 amide bonds. The molecule has 3 fully saturated rings. The molecule has 2 heteroatoms. The second-order valence-corrected chi connectivity index (χ2v) is 8.68. The van der Waals surface area contributed by atoms with Crippen LogP contribution < -0.4 is 0 Å². The van der Waals surface area contributed by atoms with Gasteiger partial charge in [-0.1, -0.05) is 13.8 Å². The van der Waals surface area contributed by atoms with Crippen molar-refractivity contribution in [1.29, 1.82) is 0 Å². The molecule has 0 aromatic rings. The molecule has 0 aromatic heterocycles. The summed E-state index contributed by atoms with van der Waals surface area (Å²) in [5, 5.41) is 9.90. The highest BCUT2D eigenvalue weighted by molar-refractivity contribution is 5.87. The van der Waals surface area contributed by atoms with Gasteiger partial charge in [-0.15, -0.1) is 0 Å². The van der Waals surface area contributed by atoms with E-state index in [4.69, 9.17) is 0 Å². The maximum absolute atomic E-state index is 12.4. The van der Waals surface area contributed by atoms with Crippen LogP contribution in [0.3, 0.4) is 0 Å². The molecule has 0 bridgehead atoms. The molecule has 116 valence electrons. The largest absolute Gasteiger partial charge is 0.513 e. The molecular weight excluding hydrogens is 260 g/mol. The van der Waals surface area contributed by atoms with Crippen LogP contribution in [0.1, 0.15) is 65.2 Å². The summed E-state index contributed by atoms with van der Waals surface area (Å²) in [5.41, 5.74) is 0.360. The summed E-state index contributed by atoms with van der Waals surface area (Å²) in [6.07, 6.45) is 10.8.